The normalized spacial score (nSPS) is 16.1. The highest BCUT2D eigenvalue weighted by atomic mass is 16.3. The Morgan fingerprint density at radius 2 is 1.95 bits per heavy atom. The highest BCUT2D eigenvalue weighted by molar-refractivity contribution is 5.94. The van der Waals surface area contributed by atoms with Crippen LogP contribution in [0.25, 0.3) is 0 Å². The highest BCUT2D eigenvalue weighted by Crippen LogP contribution is 2.18. The zero-order valence-electron chi connectivity index (χ0n) is 10.4. The molecule has 4 nitrogen and oxygen atoms in total. The monoisotopic (exact) mass is 254 g/mol. The van der Waals surface area contributed by atoms with E-state index in [1.807, 2.05) is 6.07 Å². The Bertz CT molecular complexity index is 615. The van der Waals surface area contributed by atoms with Gasteiger partial charge in [-0.1, -0.05) is 24.3 Å². The molecule has 4 heteroatoms. The molecule has 0 saturated carbocycles. The van der Waals surface area contributed by atoms with Crippen molar-refractivity contribution in [2.45, 2.75) is 19.3 Å². The van der Waals surface area contributed by atoms with Crippen molar-refractivity contribution in [2.75, 3.05) is 0 Å². The first-order chi connectivity index (χ1) is 9.33. The maximum absolute atomic E-state index is 11.7. The molecule has 0 spiro atoms. The summed E-state index contributed by atoms with van der Waals surface area (Å²) in [6.45, 7) is 0. The van der Waals surface area contributed by atoms with Gasteiger partial charge in [-0.25, -0.2) is 5.43 Å². The van der Waals surface area contributed by atoms with Crippen molar-refractivity contribution >= 4 is 11.6 Å². The van der Waals surface area contributed by atoms with E-state index < -0.39 is 0 Å². The predicted octanol–water partition coefficient (Wildman–Crippen LogP) is 2.55. The lowest BCUT2D eigenvalue weighted by Crippen LogP contribution is -2.22. The first kappa shape index (κ1) is 11.7. The number of benzene rings is 1. The maximum Gasteiger partial charge on any atom is 0.307 e. The van der Waals surface area contributed by atoms with Crippen molar-refractivity contribution < 1.29 is 9.21 Å². The second kappa shape index (κ2) is 5.10. The van der Waals surface area contributed by atoms with Crippen LogP contribution in [-0.2, 0) is 12.8 Å². The van der Waals surface area contributed by atoms with Crippen molar-refractivity contribution in [2.24, 2.45) is 5.10 Å². The summed E-state index contributed by atoms with van der Waals surface area (Å²) in [6.07, 6.45) is 4.13. The predicted molar refractivity (Wildman–Crippen MR) is 72.1 cm³/mol. The molecular formula is C15H14N2O2. The summed E-state index contributed by atoms with van der Waals surface area (Å²) in [4.78, 5) is 11.7. The van der Waals surface area contributed by atoms with Gasteiger partial charge >= 0.3 is 5.91 Å². The third kappa shape index (κ3) is 2.57. The zero-order chi connectivity index (χ0) is 13.1. The van der Waals surface area contributed by atoms with E-state index in [9.17, 15) is 4.79 Å². The Kier molecular flexibility index (Phi) is 3.14. The Labute approximate surface area is 111 Å². The molecule has 0 bridgehead atoms. The molecule has 0 aliphatic heterocycles. The Hall–Kier alpha value is -2.36. The van der Waals surface area contributed by atoms with Crippen molar-refractivity contribution in [3.05, 3.63) is 59.5 Å². The summed E-state index contributed by atoms with van der Waals surface area (Å²) in [5.41, 5.74) is 6.20. The van der Waals surface area contributed by atoms with E-state index in [1.54, 1.807) is 12.1 Å². The summed E-state index contributed by atoms with van der Waals surface area (Å²) in [5, 5.41) is 4.20. The maximum atomic E-state index is 11.7. The van der Waals surface area contributed by atoms with E-state index in [0.29, 0.717) is 0 Å². The molecule has 0 saturated heterocycles. The number of rotatable bonds is 2. The fraction of sp³-hybridized carbons (Fsp3) is 0.200. The summed E-state index contributed by atoms with van der Waals surface area (Å²) >= 11 is 0. The molecule has 3 rings (SSSR count). The number of hydrogen-bond acceptors (Lipinski definition) is 3. The Balaban J connectivity index is 1.68. The van der Waals surface area contributed by atoms with E-state index in [1.165, 1.54) is 17.4 Å². The van der Waals surface area contributed by atoms with Crippen LogP contribution in [0.1, 0.15) is 28.1 Å². The van der Waals surface area contributed by atoms with Crippen LogP contribution in [0.2, 0.25) is 0 Å². The average molecular weight is 254 g/mol. The van der Waals surface area contributed by atoms with Gasteiger partial charge in [-0.05, 0) is 36.1 Å². The van der Waals surface area contributed by atoms with Gasteiger partial charge in [-0.3, -0.25) is 4.79 Å². The smallest absolute Gasteiger partial charge is 0.307 e. The Morgan fingerprint density at radius 1 is 1.11 bits per heavy atom. The summed E-state index contributed by atoms with van der Waals surface area (Å²) in [6, 6.07) is 11.6. The van der Waals surface area contributed by atoms with Crippen LogP contribution in [0.15, 0.2) is 52.2 Å². The summed E-state index contributed by atoms with van der Waals surface area (Å²) in [5.74, 6) is -0.0306. The van der Waals surface area contributed by atoms with Gasteiger partial charge in [0.25, 0.3) is 0 Å². The quantitative estimate of drug-likeness (QED) is 0.837. The minimum Gasteiger partial charge on any atom is -0.459 e. The number of hydrogen-bond donors (Lipinski definition) is 1. The van der Waals surface area contributed by atoms with Crippen LogP contribution in [0.3, 0.4) is 0 Å². The number of carbonyl (C=O) groups is 1. The van der Waals surface area contributed by atoms with Gasteiger partial charge in [0.05, 0.1) is 6.26 Å². The number of amides is 1. The topological polar surface area (TPSA) is 54.6 Å². The van der Waals surface area contributed by atoms with Crippen LogP contribution >= 0.6 is 0 Å². The highest BCUT2D eigenvalue weighted by Gasteiger charge is 2.14. The molecule has 1 aromatic heterocycles. The van der Waals surface area contributed by atoms with E-state index >= 15 is 0 Å². The first-order valence-electron chi connectivity index (χ1n) is 6.29. The van der Waals surface area contributed by atoms with Gasteiger partial charge in [-0.15, -0.1) is 0 Å². The zero-order valence-corrected chi connectivity index (χ0v) is 10.4. The number of furan rings is 1. The van der Waals surface area contributed by atoms with E-state index in [0.717, 1.165) is 25.0 Å². The largest absolute Gasteiger partial charge is 0.459 e. The van der Waals surface area contributed by atoms with Gasteiger partial charge in [0, 0.05) is 12.1 Å². The number of aryl methyl sites for hydroxylation is 1. The van der Waals surface area contributed by atoms with Gasteiger partial charge in [-0.2, -0.15) is 5.10 Å². The minimum atomic E-state index is -0.309. The number of hydrazone groups is 1. The minimum absolute atomic E-state index is 0.278. The van der Waals surface area contributed by atoms with Crippen molar-refractivity contribution in [1.29, 1.82) is 0 Å². The number of fused-ring (bicyclic) bond motifs is 1. The molecule has 1 N–H and O–H groups in total. The summed E-state index contributed by atoms with van der Waals surface area (Å²) < 4.78 is 5.01. The summed E-state index contributed by atoms with van der Waals surface area (Å²) in [7, 11) is 0. The van der Waals surface area contributed by atoms with Crippen LogP contribution in [-0.4, -0.2) is 11.6 Å². The molecule has 1 heterocycles. The molecule has 0 atom stereocenters. The van der Waals surface area contributed by atoms with Crippen LogP contribution in [0.4, 0.5) is 0 Å². The van der Waals surface area contributed by atoms with E-state index in [4.69, 9.17) is 4.42 Å². The van der Waals surface area contributed by atoms with Crippen LogP contribution in [0, 0.1) is 0 Å². The lowest BCUT2D eigenvalue weighted by Gasteiger charge is -2.16. The van der Waals surface area contributed by atoms with Crippen molar-refractivity contribution in [3.8, 4) is 0 Å². The molecular weight excluding hydrogens is 240 g/mol. The van der Waals surface area contributed by atoms with Crippen molar-refractivity contribution in [1.82, 2.24) is 5.43 Å². The fourth-order valence-corrected chi connectivity index (χ4v) is 2.25. The second-order valence-corrected chi connectivity index (χ2v) is 4.54. The molecule has 1 aliphatic carbocycles. The van der Waals surface area contributed by atoms with Gasteiger partial charge in [0.15, 0.2) is 5.76 Å². The molecule has 2 aromatic rings. The second-order valence-electron chi connectivity index (χ2n) is 4.54. The number of nitrogens with one attached hydrogen (secondary N) is 1. The standard InChI is InChI=1S/C15H14N2O2/c18-15(14-6-3-9-19-14)17-16-13-8-7-11-4-1-2-5-12(11)10-13/h1-6,9H,7-8,10H2,(H,17,18)/b16-13+. The van der Waals surface area contributed by atoms with Gasteiger partial charge in [0.1, 0.15) is 0 Å². The third-order valence-electron chi connectivity index (χ3n) is 3.26. The molecule has 19 heavy (non-hydrogen) atoms. The molecule has 1 aromatic carbocycles. The first-order valence-corrected chi connectivity index (χ1v) is 6.29. The van der Waals surface area contributed by atoms with Gasteiger partial charge in [0.2, 0.25) is 0 Å². The van der Waals surface area contributed by atoms with Gasteiger partial charge < -0.3 is 4.42 Å². The van der Waals surface area contributed by atoms with Crippen LogP contribution < -0.4 is 5.43 Å². The fourth-order valence-electron chi connectivity index (χ4n) is 2.25. The number of carbonyl (C=O) groups excluding carboxylic acids is 1. The average Bonchev–Trinajstić information content (AvgIpc) is 2.99. The lowest BCUT2D eigenvalue weighted by molar-refractivity contribution is 0.0927. The molecule has 1 aliphatic rings. The van der Waals surface area contributed by atoms with Crippen molar-refractivity contribution in [3.63, 3.8) is 0 Å². The molecule has 0 fully saturated rings. The molecule has 96 valence electrons. The molecule has 0 unspecified atom stereocenters. The third-order valence-corrected chi connectivity index (χ3v) is 3.26. The molecule has 0 radical (unpaired) electrons. The lowest BCUT2D eigenvalue weighted by atomic mass is 9.90. The SMILES string of the molecule is O=C(N/N=C1\CCc2ccccc2C1)c1ccco1. The number of nitrogens with zero attached hydrogens (tertiary/aromatic N) is 1. The Morgan fingerprint density at radius 3 is 2.74 bits per heavy atom. The molecule has 1 amide bonds. The van der Waals surface area contributed by atoms with Crippen LogP contribution in [0.5, 0.6) is 0 Å². The van der Waals surface area contributed by atoms with E-state index in [-0.39, 0.29) is 11.7 Å². The van der Waals surface area contributed by atoms with E-state index in [2.05, 4.69) is 28.7 Å².